The van der Waals surface area contributed by atoms with Crippen LogP contribution in [-0.2, 0) is 5.41 Å². The van der Waals surface area contributed by atoms with E-state index in [9.17, 15) is 0 Å². The van der Waals surface area contributed by atoms with E-state index in [1.807, 2.05) is 6.08 Å². The molecule has 0 aromatic heterocycles. The van der Waals surface area contributed by atoms with Crippen molar-refractivity contribution in [2.45, 2.75) is 109 Å². The van der Waals surface area contributed by atoms with Gasteiger partial charge in [-0.3, -0.25) is 0 Å². The van der Waals surface area contributed by atoms with Gasteiger partial charge in [-0.05, 0) is 46.7 Å². The van der Waals surface area contributed by atoms with Crippen molar-refractivity contribution in [2.75, 3.05) is 0 Å². The van der Waals surface area contributed by atoms with E-state index in [1.165, 1.54) is 107 Å². The van der Waals surface area contributed by atoms with E-state index in [1.54, 1.807) is 11.1 Å². The summed E-state index contributed by atoms with van der Waals surface area (Å²) >= 11 is 0. The third-order valence-electron chi connectivity index (χ3n) is 7.44. The first-order valence-electron chi connectivity index (χ1n) is 13.1. The number of hydrogen-bond acceptors (Lipinski definition) is 0. The van der Waals surface area contributed by atoms with Crippen LogP contribution in [0.3, 0.4) is 0 Å². The van der Waals surface area contributed by atoms with Gasteiger partial charge >= 0.3 is 0 Å². The SMILES string of the molecule is C=Cc1ccc2c(c1)-c1ccccc1C2(CCCCCCCC)CCCCCCCC. The third-order valence-corrected chi connectivity index (χ3v) is 7.44. The van der Waals surface area contributed by atoms with E-state index in [0.717, 1.165) is 0 Å². The van der Waals surface area contributed by atoms with Crippen LogP contribution in [0.25, 0.3) is 17.2 Å². The number of benzene rings is 2. The van der Waals surface area contributed by atoms with Crippen LogP contribution in [0.1, 0.15) is 120 Å². The van der Waals surface area contributed by atoms with Crippen LogP contribution in [0.2, 0.25) is 0 Å². The molecule has 0 aliphatic heterocycles. The lowest BCUT2D eigenvalue weighted by Gasteiger charge is -2.33. The van der Waals surface area contributed by atoms with Crippen molar-refractivity contribution in [2.24, 2.45) is 0 Å². The molecule has 1 aliphatic carbocycles. The van der Waals surface area contributed by atoms with Crippen LogP contribution in [0, 0.1) is 0 Å². The van der Waals surface area contributed by atoms with E-state index >= 15 is 0 Å². The molecule has 0 nitrogen and oxygen atoms in total. The average Bonchev–Trinajstić information content (AvgIpc) is 3.08. The van der Waals surface area contributed by atoms with E-state index in [0.29, 0.717) is 0 Å². The number of rotatable bonds is 15. The smallest absolute Gasteiger partial charge is 0.0215 e. The molecule has 0 N–H and O–H groups in total. The van der Waals surface area contributed by atoms with E-state index < -0.39 is 0 Å². The summed E-state index contributed by atoms with van der Waals surface area (Å²) in [5, 5.41) is 0. The molecule has 0 saturated carbocycles. The summed E-state index contributed by atoms with van der Waals surface area (Å²) in [6, 6.07) is 16.4. The maximum Gasteiger partial charge on any atom is 0.0215 e. The minimum absolute atomic E-state index is 0.209. The molecule has 168 valence electrons. The second kappa shape index (κ2) is 12.3. The van der Waals surface area contributed by atoms with E-state index in [-0.39, 0.29) is 5.41 Å². The zero-order chi connectivity index (χ0) is 21.9. The van der Waals surface area contributed by atoms with Gasteiger partial charge in [0.15, 0.2) is 0 Å². The summed E-state index contributed by atoms with van der Waals surface area (Å²) in [7, 11) is 0. The molecule has 0 heteroatoms. The molecule has 0 unspecified atom stereocenters. The Balaban J connectivity index is 1.83. The Hall–Kier alpha value is -1.82. The molecule has 1 aliphatic rings. The maximum absolute atomic E-state index is 4.02. The molecule has 0 radical (unpaired) electrons. The van der Waals surface area contributed by atoms with Crippen molar-refractivity contribution in [3.8, 4) is 11.1 Å². The molecule has 0 atom stereocenters. The minimum atomic E-state index is 0.209. The number of fused-ring (bicyclic) bond motifs is 3. The Kier molecular flexibility index (Phi) is 9.44. The molecule has 2 aromatic rings. The highest BCUT2D eigenvalue weighted by atomic mass is 14.4. The highest BCUT2D eigenvalue weighted by Crippen LogP contribution is 2.54. The molecule has 0 fully saturated rings. The summed E-state index contributed by atoms with van der Waals surface area (Å²) in [6.45, 7) is 8.63. The zero-order valence-corrected chi connectivity index (χ0v) is 20.2. The van der Waals surface area contributed by atoms with Gasteiger partial charge in [0.1, 0.15) is 0 Å². The first-order chi connectivity index (χ1) is 15.3. The number of hydrogen-bond donors (Lipinski definition) is 0. The van der Waals surface area contributed by atoms with Crippen LogP contribution >= 0.6 is 0 Å². The fourth-order valence-corrected chi connectivity index (χ4v) is 5.69. The van der Waals surface area contributed by atoms with Crippen LogP contribution in [-0.4, -0.2) is 0 Å². The summed E-state index contributed by atoms with van der Waals surface area (Å²) in [5.41, 5.74) is 7.56. The first-order valence-corrected chi connectivity index (χ1v) is 13.1. The minimum Gasteiger partial charge on any atom is -0.0985 e. The summed E-state index contributed by atoms with van der Waals surface area (Å²) < 4.78 is 0. The van der Waals surface area contributed by atoms with Crippen molar-refractivity contribution >= 4 is 6.08 Å². The van der Waals surface area contributed by atoms with Crippen LogP contribution in [0.5, 0.6) is 0 Å². The zero-order valence-electron chi connectivity index (χ0n) is 20.2. The highest BCUT2D eigenvalue weighted by Gasteiger charge is 2.41. The highest BCUT2D eigenvalue weighted by molar-refractivity contribution is 5.82. The molecule has 0 saturated heterocycles. The standard InChI is InChI=1S/C31H44/c1-4-7-9-11-13-17-23-31(24-18-14-12-10-8-5-2)29-20-16-15-19-27(29)28-25-26(6-3)21-22-30(28)31/h6,15-16,19-22,25H,3-5,7-14,17-18,23-24H2,1-2H3. The van der Waals surface area contributed by atoms with E-state index in [4.69, 9.17) is 0 Å². The van der Waals surface area contributed by atoms with Gasteiger partial charge in [0, 0.05) is 5.41 Å². The van der Waals surface area contributed by atoms with E-state index in [2.05, 4.69) is 62.9 Å². The van der Waals surface area contributed by atoms with Crippen LogP contribution in [0.15, 0.2) is 49.0 Å². The Bertz CT molecular complexity index is 797. The lowest BCUT2D eigenvalue weighted by molar-refractivity contribution is 0.398. The molecule has 31 heavy (non-hydrogen) atoms. The van der Waals surface area contributed by atoms with Gasteiger partial charge in [0.2, 0.25) is 0 Å². The van der Waals surface area contributed by atoms with Gasteiger partial charge in [-0.25, -0.2) is 0 Å². The van der Waals surface area contributed by atoms with Crippen molar-refractivity contribution in [1.82, 2.24) is 0 Å². The van der Waals surface area contributed by atoms with Gasteiger partial charge in [-0.2, -0.15) is 0 Å². The molecular weight excluding hydrogens is 372 g/mol. The first kappa shape index (κ1) is 23.8. The Morgan fingerprint density at radius 2 is 1.19 bits per heavy atom. The topological polar surface area (TPSA) is 0 Å². The van der Waals surface area contributed by atoms with Crippen LogP contribution < -0.4 is 0 Å². The maximum atomic E-state index is 4.02. The monoisotopic (exact) mass is 416 g/mol. The molecule has 3 rings (SSSR count). The largest absolute Gasteiger partial charge is 0.0985 e. The molecular formula is C31H44. The lowest BCUT2D eigenvalue weighted by Crippen LogP contribution is -2.25. The molecule has 0 spiro atoms. The second-order valence-electron chi connectivity index (χ2n) is 9.67. The fraction of sp³-hybridized carbons (Fsp3) is 0.548. The molecule has 0 bridgehead atoms. The molecule has 0 amide bonds. The van der Waals surface area contributed by atoms with Gasteiger partial charge in [-0.15, -0.1) is 0 Å². The lowest BCUT2D eigenvalue weighted by atomic mass is 9.70. The van der Waals surface area contributed by atoms with Crippen molar-refractivity contribution in [3.63, 3.8) is 0 Å². The predicted molar refractivity (Wildman–Crippen MR) is 139 cm³/mol. The van der Waals surface area contributed by atoms with Gasteiger partial charge < -0.3 is 0 Å². The normalized spacial score (nSPS) is 13.7. The Labute approximate surface area is 192 Å². The van der Waals surface area contributed by atoms with Crippen molar-refractivity contribution in [1.29, 1.82) is 0 Å². The van der Waals surface area contributed by atoms with Gasteiger partial charge in [-0.1, -0.05) is 140 Å². The fourth-order valence-electron chi connectivity index (χ4n) is 5.69. The molecule has 0 heterocycles. The summed E-state index contributed by atoms with van der Waals surface area (Å²) in [5.74, 6) is 0. The molecule has 2 aromatic carbocycles. The van der Waals surface area contributed by atoms with Gasteiger partial charge in [0.05, 0.1) is 0 Å². The van der Waals surface area contributed by atoms with Crippen LogP contribution in [0.4, 0.5) is 0 Å². The predicted octanol–water partition coefficient (Wildman–Crippen LogP) is 10.1. The quantitative estimate of drug-likeness (QED) is 0.253. The average molecular weight is 417 g/mol. The Morgan fingerprint density at radius 3 is 1.81 bits per heavy atom. The summed E-state index contributed by atoms with van der Waals surface area (Å²) in [4.78, 5) is 0. The summed E-state index contributed by atoms with van der Waals surface area (Å²) in [6.07, 6.45) is 21.0. The number of unbranched alkanes of at least 4 members (excludes halogenated alkanes) is 10. The van der Waals surface area contributed by atoms with Crippen molar-refractivity contribution < 1.29 is 0 Å². The third kappa shape index (κ3) is 5.71. The van der Waals surface area contributed by atoms with Crippen molar-refractivity contribution in [3.05, 3.63) is 65.7 Å². The Morgan fingerprint density at radius 1 is 0.645 bits per heavy atom. The van der Waals surface area contributed by atoms with Gasteiger partial charge in [0.25, 0.3) is 0 Å². The second-order valence-corrected chi connectivity index (χ2v) is 9.67.